The van der Waals surface area contributed by atoms with Crippen LogP contribution in [0.5, 0.6) is 0 Å². The Labute approximate surface area is 91.2 Å². The summed E-state index contributed by atoms with van der Waals surface area (Å²) in [7, 11) is 0. The average Bonchev–Trinajstić information content (AvgIpc) is 2.47. The quantitative estimate of drug-likeness (QED) is 0.715. The number of nitrogens with one attached hydrogen (secondary N) is 1. The highest BCUT2D eigenvalue weighted by atomic mass is 16.2. The minimum Gasteiger partial charge on any atom is -0.333 e. The zero-order valence-corrected chi connectivity index (χ0v) is 10.1. The van der Waals surface area contributed by atoms with Crippen LogP contribution in [-0.4, -0.2) is 29.1 Å². The molecule has 0 aromatic carbocycles. The first-order valence-corrected chi connectivity index (χ1v) is 5.18. The van der Waals surface area contributed by atoms with Gasteiger partial charge in [-0.1, -0.05) is 20.8 Å². The van der Waals surface area contributed by atoms with Crippen LogP contribution in [0.3, 0.4) is 0 Å². The fourth-order valence-corrected chi connectivity index (χ4v) is 1.57. The van der Waals surface area contributed by atoms with Gasteiger partial charge in [-0.2, -0.15) is 5.26 Å². The van der Waals surface area contributed by atoms with Crippen molar-refractivity contribution >= 4 is 6.03 Å². The van der Waals surface area contributed by atoms with E-state index in [0.29, 0.717) is 6.54 Å². The SMILES string of the molecule is CC(C)(C)C1CN(C(C)(C)C#N)C(=O)N1. The zero-order valence-electron chi connectivity index (χ0n) is 10.1. The summed E-state index contributed by atoms with van der Waals surface area (Å²) >= 11 is 0. The van der Waals surface area contributed by atoms with Crippen molar-refractivity contribution in [3.8, 4) is 6.07 Å². The lowest BCUT2D eigenvalue weighted by Crippen LogP contribution is -2.44. The lowest BCUT2D eigenvalue weighted by Gasteiger charge is -2.30. The second-order valence-electron chi connectivity index (χ2n) is 5.65. The van der Waals surface area contributed by atoms with Gasteiger partial charge in [-0.05, 0) is 19.3 Å². The number of urea groups is 1. The molecule has 0 saturated carbocycles. The van der Waals surface area contributed by atoms with E-state index in [1.165, 1.54) is 0 Å². The Balaban J connectivity index is 2.84. The standard InChI is InChI=1S/C11H19N3O/c1-10(2,3)8-6-14(9(15)13-8)11(4,5)7-12/h8H,6H2,1-5H3,(H,13,15). The Morgan fingerprint density at radius 1 is 1.40 bits per heavy atom. The number of hydrogen-bond donors (Lipinski definition) is 1. The van der Waals surface area contributed by atoms with Gasteiger partial charge >= 0.3 is 6.03 Å². The van der Waals surface area contributed by atoms with Gasteiger partial charge in [-0.3, -0.25) is 0 Å². The Hall–Kier alpha value is -1.24. The maximum absolute atomic E-state index is 11.7. The Bertz CT molecular complexity index is 309. The highest BCUT2D eigenvalue weighted by molar-refractivity contribution is 5.78. The van der Waals surface area contributed by atoms with E-state index >= 15 is 0 Å². The third kappa shape index (κ3) is 2.23. The highest BCUT2D eigenvalue weighted by Gasteiger charge is 2.42. The van der Waals surface area contributed by atoms with Gasteiger partial charge in [-0.15, -0.1) is 0 Å². The van der Waals surface area contributed by atoms with Gasteiger partial charge in [0.1, 0.15) is 5.54 Å². The second-order valence-corrected chi connectivity index (χ2v) is 5.65. The van der Waals surface area contributed by atoms with Crippen LogP contribution in [0.15, 0.2) is 0 Å². The lowest BCUT2D eigenvalue weighted by molar-refractivity contribution is 0.183. The van der Waals surface area contributed by atoms with Crippen LogP contribution in [-0.2, 0) is 0 Å². The van der Waals surface area contributed by atoms with Crippen LogP contribution >= 0.6 is 0 Å². The maximum atomic E-state index is 11.7. The highest BCUT2D eigenvalue weighted by Crippen LogP contribution is 2.27. The van der Waals surface area contributed by atoms with Crippen molar-refractivity contribution in [1.29, 1.82) is 5.26 Å². The zero-order chi connectivity index (χ0) is 11.9. The van der Waals surface area contributed by atoms with Crippen LogP contribution in [0.4, 0.5) is 4.79 Å². The van der Waals surface area contributed by atoms with Crippen molar-refractivity contribution in [2.45, 2.75) is 46.2 Å². The first-order chi connectivity index (χ1) is 6.68. The van der Waals surface area contributed by atoms with Gasteiger partial charge in [-0.25, -0.2) is 4.79 Å². The van der Waals surface area contributed by atoms with Crippen molar-refractivity contribution in [3.63, 3.8) is 0 Å². The third-order valence-corrected chi connectivity index (χ3v) is 2.90. The van der Waals surface area contributed by atoms with Gasteiger partial charge in [0.15, 0.2) is 0 Å². The summed E-state index contributed by atoms with van der Waals surface area (Å²) in [4.78, 5) is 13.3. The van der Waals surface area contributed by atoms with Crippen molar-refractivity contribution in [1.82, 2.24) is 10.2 Å². The molecule has 1 unspecified atom stereocenters. The van der Waals surface area contributed by atoms with Crippen LogP contribution in [0.1, 0.15) is 34.6 Å². The smallest absolute Gasteiger partial charge is 0.319 e. The summed E-state index contributed by atoms with van der Waals surface area (Å²) in [5.74, 6) is 0. The molecule has 1 rings (SSSR count). The average molecular weight is 209 g/mol. The van der Waals surface area contributed by atoms with Crippen molar-refractivity contribution in [2.24, 2.45) is 5.41 Å². The predicted octanol–water partition coefficient (Wildman–Crippen LogP) is 1.73. The van der Waals surface area contributed by atoms with E-state index in [1.54, 1.807) is 18.7 Å². The number of carbonyl (C=O) groups is 1. The summed E-state index contributed by atoms with van der Waals surface area (Å²) in [6, 6.07) is 2.12. The molecule has 0 aromatic heterocycles. The summed E-state index contributed by atoms with van der Waals surface area (Å²) in [6.45, 7) is 10.4. The van der Waals surface area contributed by atoms with Gasteiger partial charge < -0.3 is 10.2 Å². The number of amides is 2. The number of carbonyl (C=O) groups excluding carboxylic acids is 1. The Kier molecular flexibility index (Phi) is 2.69. The maximum Gasteiger partial charge on any atom is 0.319 e. The van der Waals surface area contributed by atoms with E-state index in [9.17, 15) is 4.79 Å². The molecule has 1 aliphatic rings. The van der Waals surface area contributed by atoms with E-state index in [1.807, 2.05) is 0 Å². The molecule has 0 aromatic rings. The molecule has 15 heavy (non-hydrogen) atoms. The molecule has 0 aliphatic carbocycles. The Morgan fingerprint density at radius 2 is 1.93 bits per heavy atom. The molecule has 1 aliphatic heterocycles. The molecule has 1 fully saturated rings. The van der Waals surface area contributed by atoms with E-state index in [-0.39, 0.29) is 17.5 Å². The number of nitrogens with zero attached hydrogens (tertiary/aromatic N) is 2. The van der Waals surface area contributed by atoms with Crippen LogP contribution < -0.4 is 5.32 Å². The fourth-order valence-electron chi connectivity index (χ4n) is 1.57. The summed E-state index contributed by atoms with van der Waals surface area (Å²) in [5.41, 5.74) is -0.708. The monoisotopic (exact) mass is 209 g/mol. The molecule has 1 atom stereocenters. The molecule has 2 amide bonds. The number of nitriles is 1. The minimum absolute atomic E-state index is 0.0238. The summed E-state index contributed by atoms with van der Waals surface area (Å²) in [6.07, 6.45) is 0. The molecule has 1 heterocycles. The number of hydrogen-bond acceptors (Lipinski definition) is 2. The minimum atomic E-state index is -0.732. The second kappa shape index (κ2) is 3.41. The summed E-state index contributed by atoms with van der Waals surface area (Å²) < 4.78 is 0. The first kappa shape index (κ1) is 11.8. The van der Waals surface area contributed by atoms with Crippen molar-refractivity contribution < 1.29 is 4.79 Å². The summed E-state index contributed by atoms with van der Waals surface area (Å²) in [5, 5.41) is 11.9. The lowest BCUT2D eigenvalue weighted by atomic mass is 9.87. The molecule has 4 nitrogen and oxygen atoms in total. The molecule has 4 heteroatoms. The van der Waals surface area contributed by atoms with E-state index in [4.69, 9.17) is 5.26 Å². The van der Waals surface area contributed by atoms with Gasteiger partial charge in [0.05, 0.1) is 12.1 Å². The van der Waals surface area contributed by atoms with Gasteiger partial charge in [0, 0.05) is 6.54 Å². The molecule has 0 bridgehead atoms. The normalized spacial score (nSPS) is 22.5. The van der Waals surface area contributed by atoms with E-state index in [2.05, 4.69) is 32.2 Å². The molecule has 1 N–H and O–H groups in total. The van der Waals surface area contributed by atoms with Gasteiger partial charge in [0.2, 0.25) is 0 Å². The first-order valence-electron chi connectivity index (χ1n) is 5.18. The fraction of sp³-hybridized carbons (Fsp3) is 0.818. The van der Waals surface area contributed by atoms with Crippen molar-refractivity contribution in [3.05, 3.63) is 0 Å². The molecule has 84 valence electrons. The molecular weight excluding hydrogens is 190 g/mol. The van der Waals surface area contributed by atoms with E-state index in [0.717, 1.165) is 0 Å². The van der Waals surface area contributed by atoms with Crippen LogP contribution in [0, 0.1) is 16.7 Å². The van der Waals surface area contributed by atoms with Crippen LogP contribution in [0.2, 0.25) is 0 Å². The van der Waals surface area contributed by atoms with Crippen molar-refractivity contribution in [2.75, 3.05) is 6.54 Å². The Morgan fingerprint density at radius 3 is 2.27 bits per heavy atom. The van der Waals surface area contributed by atoms with Crippen LogP contribution in [0.25, 0.3) is 0 Å². The van der Waals surface area contributed by atoms with E-state index < -0.39 is 5.54 Å². The predicted molar refractivity (Wildman–Crippen MR) is 58.2 cm³/mol. The molecular formula is C11H19N3O. The van der Waals surface area contributed by atoms with Gasteiger partial charge in [0.25, 0.3) is 0 Å². The number of rotatable bonds is 1. The third-order valence-electron chi connectivity index (χ3n) is 2.90. The molecule has 0 radical (unpaired) electrons. The topological polar surface area (TPSA) is 56.1 Å². The largest absolute Gasteiger partial charge is 0.333 e. The molecule has 0 spiro atoms. The molecule has 1 saturated heterocycles.